The number of halogens is 1. The number of benzene rings is 1. The van der Waals surface area contributed by atoms with Crippen molar-refractivity contribution in [1.29, 1.82) is 0 Å². The third kappa shape index (κ3) is 3.13. The Labute approximate surface area is 94.1 Å². The molecular weight excluding hydrogens is 214 g/mol. The number of rotatable bonds is 3. The highest BCUT2D eigenvalue weighted by Crippen LogP contribution is 2.17. The van der Waals surface area contributed by atoms with Gasteiger partial charge in [-0.05, 0) is 26.0 Å². The standard InChI is InChI=1S/C11H14ClNO2/c1-7-3-4-10(14)9(5-7)11(15)13-8(2)6-12/h3-5,8,14H,6H2,1-2H3,(H,13,15). The summed E-state index contributed by atoms with van der Waals surface area (Å²) in [6.45, 7) is 3.67. The molecule has 0 aliphatic rings. The second kappa shape index (κ2) is 5.03. The summed E-state index contributed by atoms with van der Waals surface area (Å²) in [6, 6.07) is 4.79. The van der Waals surface area contributed by atoms with Crippen molar-refractivity contribution in [3.05, 3.63) is 29.3 Å². The Morgan fingerprint density at radius 1 is 1.60 bits per heavy atom. The minimum Gasteiger partial charge on any atom is -0.507 e. The molecule has 1 rings (SSSR count). The Morgan fingerprint density at radius 2 is 2.27 bits per heavy atom. The monoisotopic (exact) mass is 227 g/mol. The first-order chi connectivity index (χ1) is 7.04. The predicted octanol–water partition coefficient (Wildman–Crippen LogP) is 2.06. The van der Waals surface area contributed by atoms with Crippen molar-refractivity contribution in [3.63, 3.8) is 0 Å². The summed E-state index contributed by atoms with van der Waals surface area (Å²) in [4.78, 5) is 11.7. The van der Waals surface area contributed by atoms with Crippen molar-refractivity contribution >= 4 is 17.5 Å². The van der Waals surface area contributed by atoms with Crippen LogP contribution < -0.4 is 5.32 Å². The second-order valence-electron chi connectivity index (χ2n) is 3.55. The summed E-state index contributed by atoms with van der Waals surface area (Å²) in [5.74, 6) is 0.0300. The molecule has 0 saturated heterocycles. The van der Waals surface area contributed by atoms with Crippen LogP contribution in [0.25, 0.3) is 0 Å². The predicted molar refractivity (Wildman–Crippen MR) is 60.5 cm³/mol. The van der Waals surface area contributed by atoms with Gasteiger partial charge in [-0.25, -0.2) is 0 Å². The number of carbonyl (C=O) groups excluding carboxylic acids is 1. The minimum absolute atomic E-state index is 0.0140. The van der Waals surface area contributed by atoms with E-state index in [-0.39, 0.29) is 23.3 Å². The van der Waals surface area contributed by atoms with Gasteiger partial charge in [-0.1, -0.05) is 11.6 Å². The molecule has 0 fully saturated rings. The third-order valence-electron chi connectivity index (χ3n) is 2.01. The second-order valence-corrected chi connectivity index (χ2v) is 3.86. The van der Waals surface area contributed by atoms with E-state index in [9.17, 15) is 9.90 Å². The Balaban J connectivity index is 2.86. The van der Waals surface area contributed by atoms with Crippen LogP contribution in [-0.2, 0) is 0 Å². The van der Waals surface area contributed by atoms with E-state index >= 15 is 0 Å². The summed E-state index contributed by atoms with van der Waals surface area (Å²) in [7, 11) is 0. The molecule has 0 heterocycles. The molecule has 0 spiro atoms. The van der Waals surface area contributed by atoms with E-state index < -0.39 is 0 Å². The molecule has 82 valence electrons. The molecule has 0 bridgehead atoms. The minimum atomic E-state index is -0.302. The van der Waals surface area contributed by atoms with E-state index in [4.69, 9.17) is 11.6 Å². The van der Waals surface area contributed by atoms with Crippen LogP contribution in [0.15, 0.2) is 18.2 Å². The zero-order valence-electron chi connectivity index (χ0n) is 8.75. The first-order valence-electron chi connectivity index (χ1n) is 4.71. The van der Waals surface area contributed by atoms with Gasteiger partial charge < -0.3 is 10.4 Å². The zero-order chi connectivity index (χ0) is 11.4. The van der Waals surface area contributed by atoms with Crippen LogP contribution in [0, 0.1) is 6.92 Å². The van der Waals surface area contributed by atoms with Crippen LogP contribution in [-0.4, -0.2) is 22.9 Å². The lowest BCUT2D eigenvalue weighted by atomic mass is 10.1. The molecule has 15 heavy (non-hydrogen) atoms. The lowest BCUT2D eigenvalue weighted by molar-refractivity contribution is 0.0941. The maximum absolute atomic E-state index is 11.7. The first kappa shape index (κ1) is 11.9. The average molecular weight is 228 g/mol. The Hall–Kier alpha value is -1.22. The Bertz CT molecular complexity index is 366. The van der Waals surface area contributed by atoms with Gasteiger partial charge in [0.1, 0.15) is 5.75 Å². The fourth-order valence-corrected chi connectivity index (χ4v) is 1.25. The van der Waals surface area contributed by atoms with Crippen LogP contribution in [0.3, 0.4) is 0 Å². The van der Waals surface area contributed by atoms with Gasteiger partial charge in [0.15, 0.2) is 0 Å². The molecule has 3 nitrogen and oxygen atoms in total. The maximum atomic E-state index is 11.7. The number of aromatic hydroxyl groups is 1. The molecule has 0 aromatic heterocycles. The molecule has 1 amide bonds. The summed E-state index contributed by atoms with van der Waals surface area (Å²) < 4.78 is 0. The number of aryl methyl sites for hydroxylation is 1. The molecule has 0 radical (unpaired) electrons. The molecule has 1 aromatic rings. The maximum Gasteiger partial charge on any atom is 0.255 e. The molecule has 0 saturated carbocycles. The summed E-state index contributed by atoms with van der Waals surface area (Å²) in [6.07, 6.45) is 0. The van der Waals surface area contributed by atoms with Crippen molar-refractivity contribution in [2.75, 3.05) is 5.88 Å². The van der Waals surface area contributed by atoms with Gasteiger partial charge in [0, 0.05) is 11.9 Å². The highest BCUT2D eigenvalue weighted by molar-refractivity contribution is 6.18. The van der Waals surface area contributed by atoms with Gasteiger partial charge in [-0.15, -0.1) is 11.6 Å². The average Bonchev–Trinajstić information content (AvgIpc) is 2.21. The van der Waals surface area contributed by atoms with Crippen LogP contribution in [0.5, 0.6) is 5.75 Å². The fraction of sp³-hybridized carbons (Fsp3) is 0.364. The van der Waals surface area contributed by atoms with Crippen molar-refractivity contribution < 1.29 is 9.90 Å². The zero-order valence-corrected chi connectivity index (χ0v) is 9.51. The van der Waals surface area contributed by atoms with Crippen LogP contribution in [0.1, 0.15) is 22.8 Å². The van der Waals surface area contributed by atoms with Crippen molar-refractivity contribution in [2.45, 2.75) is 19.9 Å². The third-order valence-corrected chi connectivity index (χ3v) is 2.47. The van der Waals surface area contributed by atoms with Gasteiger partial charge >= 0.3 is 0 Å². The van der Waals surface area contributed by atoms with Gasteiger partial charge in [0.2, 0.25) is 0 Å². The SMILES string of the molecule is Cc1ccc(O)c(C(=O)NC(C)CCl)c1. The van der Waals surface area contributed by atoms with Crippen LogP contribution >= 0.6 is 11.6 Å². The smallest absolute Gasteiger partial charge is 0.255 e. The molecule has 4 heteroatoms. The number of carbonyl (C=O) groups is 1. The molecule has 1 unspecified atom stereocenters. The fourth-order valence-electron chi connectivity index (χ4n) is 1.17. The lowest BCUT2D eigenvalue weighted by Gasteiger charge is -2.11. The summed E-state index contributed by atoms with van der Waals surface area (Å²) in [5, 5.41) is 12.2. The summed E-state index contributed by atoms with van der Waals surface area (Å²) in [5.41, 5.74) is 1.21. The number of alkyl halides is 1. The van der Waals surface area contributed by atoms with E-state index in [2.05, 4.69) is 5.32 Å². The van der Waals surface area contributed by atoms with Crippen molar-refractivity contribution in [1.82, 2.24) is 5.32 Å². The molecule has 0 aliphatic heterocycles. The van der Waals surface area contributed by atoms with Crippen LogP contribution in [0.2, 0.25) is 0 Å². The normalized spacial score (nSPS) is 12.2. The Morgan fingerprint density at radius 3 is 2.87 bits per heavy atom. The number of hydrogen-bond acceptors (Lipinski definition) is 2. The summed E-state index contributed by atoms with van der Waals surface area (Å²) >= 11 is 5.58. The Kier molecular flexibility index (Phi) is 3.97. The van der Waals surface area contributed by atoms with Gasteiger partial charge in [-0.2, -0.15) is 0 Å². The van der Waals surface area contributed by atoms with E-state index in [1.54, 1.807) is 19.1 Å². The van der Waals surface area contributed by atoms with Gasteiger partial charge in [0.05, 0.1) is 5.56 Å². The molecule has 0 aliphatic carbocycles. The topological polar surface area (TPSA) is 49.3 Å². The number of phenols is 1. The van der Waals surface area contributed by atoms with Gasteiger partial charge in [-0.3, -0.25) is 4.79 Å². The van der Waals surface area contributed by atoms with Gasteiger partial charge in [0.25, 0.3) is 5.91 Å². The van der Waals surface area contributed by atoms with E-state index in [1.807, 2.05) is 6.92 Å². The molecule has 1 atom stereocenters. The van der Waals surface area contributed by atoms with Crippen molar-refractivity contribution in [2.24, 2.45) is 0 Å². The number of hydrogen-bond donors (Lipinski definition) is 2. The first-order valence-corrected chi connectivity index (χ1v) is 5.24. The largest absolute Gasteiger partial charge is 0.507 e. The van der Waals surface area contributed by atoms with E-state index in [1.165, 1.54) is 6.07 Å². The molecular formula is C11H14ClNO2. The quantitative estimate of drug-likeness (QED) is 0.777. The lowest BCUT2D eigenvalue weighted by Crippen LogP contribution is -2.33. The number of phenolic OH excluding ortho intramolecular Hbond substituents is 1. The molecule has 2 N–H and O–H groups in total. The van der Waals surface area contributed by atoms with Crippen LogP contribution in [0.4, 0.5) is 0 Å². The van der Waals surface area contributed by atoms with E-state index in [0.717, 1.165) is 5.56 Å². The van der Waals surface area contributed by atoms with E-state index in [0.29, 0.717) is 5.88 Å². The number of amides is 1. The number of nitrogens with one attached hydrogen (secondary N) is 1. The molecule has 1 aromatic carbocycles. The highest BCUT2D eigenvalue weighted by Gasteiger charge is 2.12. The van der Waals surface area contributed by atoms with Crippen molar-refractivity contribution in [3.8, 4) is 5.75 Å². The highest BCUT2D eigenvalue weighted by atomic mass is 35.5.